The molecule has 0 spiro atoms. The van der Waals surface area contributed by atoms with Crippen LogP contribution in [0.15, 0.2) is 36.4 Å². The Bertz CT molecular complexity index is 920. The number of benzene rings is 2. The number of halogens is 2. The maximum Gasteiger partial charge on any atom is 0.307 e. The lowest BCUT2D eigenvalue weighted by atomic mass is 10.0. The molecule has 0 amide bonds. The van der Waals surface area contributed by atoms with Crippen LogP contribution in [0.5, 0.6) is 5.75 Å². The highest BCUT2D eigenvalue weighted by molar-refractivity contribution is 6.31. The Morgan fingerprint density at radius 1 is 1.33 bits per heavy atom. The molecule has 0 aliphatic carbocycles. The van der Waals surface area contributed by atoms with Crippen molar-refractivity contribution in [3.05, 3.63) is 52.8 Å². The van der Waals surface area contributed by atoms with Crippen LogP contribution in [0.4, 0.5) is 4.39 Å². The van der Waals surface area contributed by atoms with Crippen molar-refractivity contribution in [2.45, 2.75) is 13.3 Å². The van der Waals surface area contributed by atoms with E-state index in [4.69, 9.17) is 16.3 Å². The van der Waals surface area contributed by atoms with E-state index in [1.165, 1.54) is 6.07 Å². The second kappa shape index (κ2) is 6.53. The van der Waals surface area contributed by atoms with Gasteiger partial charge in [-0.2, -0.15) is 0 Å². The highest BCUT2D eigenvalue weighted by Gasteiger charge is 2.20. The van der Waals surface area contributed by atoms with Crippen LogP contribution in [0.2, 0.25) is 5.02 Å². The van der Waals surface area contributed by atoms with Crippen molar-refractivity contribution in [2.75, 3.05) is 6.61 Å². The highest BCUT2D eigenvalue weighted by atomic mass is 35.5. The minimum atomic E-state index is -0.999. The number of aliphatic carboxylic acids is 1. The summed E-state index contributed by atoms with van der Waals surface area (Å²) in [4.78, 5) is 14.3. The Morgan fingerprint density at radius 2 is 2.12 bits per heavy atom. The van der Waals surface area contributed by atoms with Crippen LogP contribution in [0.25, 0.3) is 22.2 Å². The van der Waals surface area contributed by atoms with Gasteiger partial charge in [0.05, 0.1) is 24.2 Å². The van der Waals surface area contributed by atoms with Gasteiger partial charge in [-0.05, 0) is 36.8 Å². The van der Waals surface area contributed by atoms with E-state index in [0.717, 1.165) is 0 Å². The van der Waals surface area contributed by atoms with Crippen LogP contribution < -0.4 is 4.74 Å². The average molecular weight is 348 g/mol. The molecule has 1 heterocycles. The summed E-state index contributed by atoms with van der Waals surface area (Å²) in [5.41, 5.74) is 1.88. The second-order valence-electron chi connectivity index (χ2n) is 5.28. The molecule has 0 unspecified atom stereocenters. The van der Waals surface area contributed by atoms with E-state index in [9.17, 15) is 14.3 Å². The standard InChI is InChI=1S/C18H15ClFNO3/c1-2-24-15-7-6-10(19)8-13(15)17-12(9-16(22)23)11-4-3-5-14(20)18(11)21-17/h3-8,21H,2,9H2,1H3,(H,22,23). The number of aromatic nitrogens is 1. The third-order valence-electron chi connectivity index (χ3n) is 3.73. The average Bonchev–Trinajstić information content (AvgIpc) is 2.89. The number of hydrogen-bond donors (Lipinski definition) is 2. The number of rotatable bonds is 5. The van der Waals surface area contributed by atoms with Crippen molar-refractivity contribution in [3.63, 3.8) is 0 Å². The molecule has 3 aromatic rings. The van der Waals surface area contributed by atoms with Crippen LogP contribution in [-0.2, 0) is 11.2 Å². The van der Waals surface area contributed by atoms with E-state index in [2.05, 4.69) is 4.98 Å². The van der Waals surface area contributed by atoms with Gasteiger partial charge in [0.25, 0.3) is 0 Å². The van der Waals surface area contributed by atoms with E-state index < -0.39 is 11.8 Å². The fourth-order valence-electron chi connectivity index (χ4n) is 2.78. The van der Waals surface area contributed by atoms with Crippen molar-refractivity contribution in [1.29, 1.82) is 0 Å². The maximum absolute atomic E-state index is 14.1. The van der Waals surface area contributed by atoms with Gasteiger partial charge in [-0.25, -0.2) is 4.39 Å². The molecule has 0 aliphatic heterocycles. The van der Waals surface area contributed by atoms with Crippen molar-refractivity contribution in [1.82, 2.24) is 4.98 Å². The lowest BCUT2D eigenvalue weighted by Gasteiger charge is -2.11. The van der Waals surface area contributed by atoms with Gasteiger partial charge in [0, 0.05) is 16.0 Å². The first-order valence-corrected chi connectivity index (χ1v) is 7.82. The molecule has 0 aliphatic rings. The molecule has 3 rings (SSSR count). The molecule has 2 N–H and O–H groups in total. The molecule has 0 atom stereocenters. The maximum atomic E-state index is 14.1. The van der Waals surface area contributed by atoms with Gasteiger partial charge in [0.1, 0.15) is 11.6 Å². The number of para-hydroxylation sites is 1. The number of aromatic amines is 1. The van der Waals surface area contributed by atoms with Gasteiger partial charge >= 0.3 is 5.97 Å². The topological polar surface area (TPSA) is 62.3 Å². The summed E-state index contributed by atoms with van der Waals surface area (Å²) in [5, 5.41) is 10.3. The number of H-pyrrole nitrogens is 1. The fraction of sp³-hybridized carbons (Fsp3) is 0.167. The molecule has 0 saturated heterocycles. The van der Waals surface area contributed by atoms with E-state index in [-0.39, 0.29) is 11.9 Å². The minimum Gasteiger partial charge on any atom is -0.493 e. The van der Waals surface area contributed by atoms with E-state index in [1.54, 1.807) is 30.3 Å². The zero-order chi connectivity index (χ0) is 17.3. The van der Waals surface area contributed by atoms with E-state index >= 15 is 0 Å². The van der Waals surface area contributed by atoms with Crippen molar-refractivity contribution in [3.8, 4) is 17.0 Å². The van der Waals surface area contributed by atoms with Crippen molar-refractivity contribution >= 4 is 28.5 Å². The molecule has 0 saturated carbocycles. The Balaban J connectivity index is 2.31. The molecule has 124 valence electrons. The first kappa shape index (κ1) is 16.3. The molecule has 0 radical (unpaired) electrons. The van der Waals surface area contributed by atoms with E-state index in [1.807, 2.05) is 6.92 Å². The summed E-state index contributed by atoms with van der Waals surface area (Å²) in [7, 11) is 0. The SMILES string of the molecule is CCOc1ccc(Cl)cc1-c1[nH]c2c(F)cccc2c1CC(=O)O. The van der Waals surface area contributed by atoms with Gasteiger partial charge in [0.2, 0.25) is 0 Å². The number of carboxylic acid groups (broad SMARTS) is 1. The van der Waals surface area contributed by atoms with E-state index in [0.29, 0.717) is 39.6 Å². The summed E-state index contributed by atoms with van der Waals surface area (Å²) in [6, 6.07) is 9.67. The van der Waals surface area contributed by atoms with Crippen LogP contribution in [-0.4, -0.2) is 22.7 Å². The molecule has 6 heteroatoms. The smallest absolute Gasteiger partial charge is 0.307 e. The lowest BCUT2D eigenvalue weighted by molar-refractivity contribution is -0.136. The third kappa shape index (κ3) is 2.95. The number of nitrogens with one attached hydrogen (secondary N) is 1. The largest absolute Gasteiger partial charge is 0.493 e. The second-order valence-corrected chi connectivity index (χ2v) is 5.72. The minimum absolute atomic E-state index is 0.239. The highest BCUT2D eigenvalue weighted by Crippen LogP contribution is 2.38. The number of ether oxygens (including phenoxy) is 1. The quantitative estimate of drug-likeness (QED) is 0.706. The zero-order valence-corrected chi connectivity index (χ0v) is 13.7. The first-order chi connectivity index (χ1) is 11.5. The van der Waals surface area contributed by atoms with Crippen molar-refractivity contribution in [2.24, 2.45) is 0 Å². The van der Waals surface area contributed by atoms with Gasteiger partial charge < -0.3 is 14.8 Å². The normalized spacial score (nSPS) is 11.0. The molecular weight excluding hydrogens is 333 g/mol. The van der Waals surface area contributed by atoms with Gasteiger partial charge in [0.15, 0.2) is 0 Å². The summed E-state index contributed by atoms with van der Waals surface area (Å²) < 4.78 is 19.7. The molecule has 24 heavy (non-hydrogen) atoms. The van der Waals surface area contributed by atoms with Crippen LogP contribution in [0.1, 0.15) is 12.5 Å². The lowest BCUT2D eigenvalue weighted by Crippen LogP contribution is -2.02. The van der Waals surface area contributed by atoms with Crippen LogP contribution in [0.3, 0.4) is 0 Å². The van der Waals surface area contributed by atoms with Crippen LogP contribution in [0, 0.1) is 5.82 Å². The summed E-state index contributed by atoms with van der Waals surface area (Å²) in [5.74, 6) is -0.882. The van der Waals surface area contributed by atoms with Crippen molar-refractivity contribution < 1.29 is 19.0 Å². The molecule has 1 aromatic heterocycles. The zero-order valence-electron chi connectivity index (χ0n) is 12.9. The van der Waals surface area contributed by atoms with Crippen LogP contribution >= 0.6 is 11.6 Å². The van der Waals surface area contributed by atoms with Gasteiger partial charge in [-0.15, -0.1) is 0 Å². The number of fused-ring (bicyclic) bond motifs is 1. The number of hydrogen-bond acceptors (Lipinski definition) is 2. The molecule has 4 nitrogen and oxygen atoms in total. The monoisotopic (exact) mass is 347 g/mol. The third-order valence-corrected chi connectivity index (χ3v) is 3.96. The Morgan fingerprint density at radius 3 is 2.83 bits per heavy atom. The Kier molecular flexibility index (Phi) is 4.44. The number of carboxylic acids is 1. The van der Waals surface area contributed by atoms with Gasteiger partial charge in [-0.1, -0.05) is 23.7 Å². The molecule has 0 bridgehead atoms. The predicted octanol–water partition coefficient (Wildman–Crippen LogP) is 4.65. The summed E-state index contributed by atoms with van der Waals surface area (Å²) in [6.45, 7) is 2.29. The molecular formula is C18H15ClFNO3. The first-order valence-electron chi connectivity index (χ1n) is 7.44. The van der Waals surface area contributed by atoms with Gasteiger partial charge in [-0.3, -0.25) is 4.79 Å². The molecule has 0 fully saturated rings. The number of carbonyl (C=O) groups is 1. The Labute approximate surface area is 142 Å². The molecule has 2 aromatic carbocycles. The summed E-state index contributed by atoms with van der Waals surface area (Å²) >= 11 is 6.10. The summed E-state index contributed by atoms with van der Waals surface area (Å²) in [6.07, 6.45) is -0.239. The predicted molar refractivity (Wildman–Crippen MR) is 91.2 cm³/mol. The Hall–Kier alpha value is -2.53. The fourth-order valence-corrected chi connectivity index (χ4v) is 2.95.